The number of aryl methyl sites for hydroxylation is 1. The average Bonchev–Trinajstić information content (AvgIpc) is 2.39. The number of nitrogen functional groups attached to an aromatic ring is 1. The van der Waals surface area contributed by atoms with E-state index in [1.54, 1.807) is 24.5 Å². The molecule has 5 nitrogen and oxygen atoms in total. The van der Waals surface area contributed by atoms with E-state index in [-0.39, 0.29) is 0 Å². The molecule has 1 amide bonds. The van der Waals surface area contributed by atoms with Crippen LogP contribution in [0.3, 0.4) is 0 Å². The smallest absolute Gasteiger partial charge is 0.250 e. The number of para-hydroxylation sites is 1. The van der Waals surface area contributed by atoms with Crippen LogP contribution in [0.5, 0.6) is 0 Å². The summed E-state index contributed by atoms with van der Waals surface area (Å²) in [6.45, 7) is 2.61. The Balaban J connectivity index is 2.19. The van der Waals surface area contributed by atoms with E-state index in [1.807, 2.05) is 19.1 Å². The summed E-state index contributed by atoms with van der Waals surface area (Å²) in [5, 5.41) is 3.20. The summed E-state index contributed by atoms with van der Waals surface area (Å²) in [6.07, 6.45) is 3.55. The van der Waals surface area contributed by atoms with Crippen LogP contribution in [0.1, 0.15) is 21.5 Å². The highest BCUT2D eigenvalue weighted by Gasteiger charge is 2.09. The Labute approximate surface area is 111 Å². The highest BCUT2D eigenvalue weighted by atomic mass is 16.1. The van der Waals surface area contributed by atoms with Crippen LogP contribution < -0.4 is 16.8 Å². The quantitative estimate of drug-likeness (QED) is 0.725. The van der Waals surface area contributed by atoms with Gasteiger partial charge < -0.3 is 16.8 Å². The van der Waals surface area contributed by atoms with Gasteiger partial charge in [-0.05, 0) is 36.2 Å². The number of pyridine rings is 1. The molecule has 0 saturated carbocycles. The zero-order chi connectivity index (χ0) is 13.8. The summed E-state index contributed by atoms with van der Waals surface area (Å²) in [4.78, 5) is 15.2. The number of carbonyl (C=O) groups excluding carboxylic acids is 1. The van der Waals surface area contributed by atoms with Crippen LogP contribution in [0.4, 0.5) is 11.4 Å². The van der Waals surface area contributed by atoms with Gasteiger partial charge in [-0.15, -0.1) is 0 Å². The molecule has 5 N–H and O–H groups in total. The lowest BCUT2D eigenvalue weighted by Crippen LogP contribution is -2.15. The van der Waals surface area contributed by atoms with E-state index in [1.165, 1.54) is 0 Å². The third-order valence-electron chi connectivity index (χ3n) is 2.98. The van der Waals surface area contributed by atoms with Gasteiger partial charge in [0.15, 0.2) is 0 Å². The molecular weight excluding hydrogens is 240 g/mol. The molecule has 0 spiro atoms. The molecule has 0 atom stereocenters. The van der Waals surface area contributed by atoms with Gasteiger partial charge in [-0.3, -0.25) is 9.78 Å². The first-order chi connectivity index (χ1) is 9.09. The standard InChI is InChI=1S/C14H16N4O/c1-9-7-17-6-5-10(9)8-18-12-4-2-3-11(13(12)15)14(16)19/h2-7,18H,8,15H2,1H3,(H2,16,19). The average molecular weight is 256 g/mol. The first kappa shape index (κ1) is 12.9. The molecule has 0 aliphatic heterocycles. The van der Waals surface area contributed by atoms with Gasteiger partial charge in [0.25, 0.3) is 5.91 Å². The van der Waals surface area contributed by atoms with Gasteiger partial charge in [0.2, 0.25) is 0 Å². The number of rotatable bonds is 4. The first-order valence-electron chi connectivity index (χ1n) is 5.91. The fourth-order valence-corrected chi connectivity index (χ4v) is 1.83. The Morgan fingerprint density at radius 1 is 1.37 bits per heavy atom. The van der Waals surface area contributed by atoms with Crippen molar-refractivity contribution in [3.63, 3.8) is 0 Å². The predicted octanol–water partition coefficient (Wildman–Crippen LogP) is 1.68. The minimum atomic E-state index is -0.527. The van der Waals surface area contributed by atoms with Crippen molar-refractivity contribution >= 4 is 17.3 Å². The number of primary amides is 1. The Morgan fingerprint density at radius 2 is 2.16 bits per heavy atom. The van der Waals surface area contributed by atoms with Crippen LogP contribution in [0, 0.1) is 6.92 Å². The topological polar surface area (TPSA) is 94.0 Å². The molecule has 0 aliphatic rings. The SMILES string of the molecule is Cc1cnccc1CNc1cccc(C(N)=O)c1N. The van der Waals surface area contributed by atoms with E-state index in [4.69, 9.17) is 11.5 Å². The molecule has 0 bridgehead atoms. The number of hydrogen-bond donors (Lipinski definition) is 3. The van der Waals surface area contributed by atoms with Crippen molar-refractivity contribution in [1.29, 1.82) is 0 Å². The fourth-order valence-electron chi connectivity index (χ4n) is 1.83. The second-order valence-corrected chi connectivity index (χ2v) is 4.29. The highest BCUT2D eigenvalue weighted by Crippen LogP contribution is 2.23. The molecule has 2 aromatic rings. The van der Waals surface area contributed by atoms with Gasteiger partial charge in [-0.2, -0.15) is 0 Å². The molecule has 2 rings (SSSR count). The zero-order valence-electron chi connectivity index (χ0n) is 10.7. The van der Waals surface area contributed by atoms with Crippen LogP contribution in [-0.4, -0.2) is 10.9 Å². The second-order valence-electron chi connectivity index (χ2n) is 4.29. The van der Waals surface area contributed by atoms with E-state index >= 15 is 0 Å². The zero-order valence-corrected chi connectivity index (χ0v) is 10.7. The Morgan fingerprint density at radius 3 is 2.84 bits per heavy atom. The minimum Gasteiger partial charge on any atom is -0.396 e. The van der Waals surface area contributed by atoms with Crippen LogP contribution >= 0.6 is 0 Å². The number of hydrogen-bond acceptors (Lipinski definition) is 4. The van der Waals surface area contributed by atoms with Gasteiger partial charge in [0, 0.05) is 18.9 Å². The summed E-state index contributed by atoms with van der Waals surface area (Å²) in [7, 11) is 0. The van der Waals surface area contributed by atoms with Gasteiger partial charge in [0.1, 0.15) is 0 Å². The summed E-state index contributed by atoms with van der Waals surface area (Å²) in [5.41, 5.74) is 14.8. The van der Waals surface area contributed by atoms with Crippen molar-refractivity contribution in [3.05, 3.63) is 53.3 Å². The van der Waals surface area contributed by atoms with Crippen molar-refractivity contribution in [1.82, 2.24) is 4.98 Å². The minimum absolute atomic E-state index is 0.330. The summed E-state index contributed by atoms with van der Waals surface area (Å²) >= 11 is 0. The van der Waals surface area contributed by atoms with Crippen LogP contribution in [0.15, 0.2) is 36.7 Å². The molecule has 0 aliphatic carbocycles. The lowest BCUT2D eigenvalue weighted by molar-refractivity contribution is 0.100. The lowest BCUT2D eigenvalue weighted by Gasteiger charge is -2.12. The van der Waals surface area contributed by atoms with Gasteiger partial charge in [-0.1, -0.05) is 6.07 Å². The van der Waals surface area contributed by atoms with Crippen molar-refractivity contribution < 1.29 is 4.79 Å². The third kappa shape index (κ3) is 2.82. The highest BCUT2D eigenvalue weighted by molar-refractivity contribution is 6.00. The number of benzene rings is 1. The number of nitrogens with zero attached hydrogens (tertiary/aromatic N) is 1. The van der Waals surface area contributed by atoms with E-state index in [9.17, 15) is 4.79 Å². The summed E-state index contributed by atoms with van der Waals surface area (Å²) in [5.74, 6) is -0.527. The Hall–Kier alpha value is -2.56. The molecule has 1 heterocycles. The van der Waals surface area contributed by atoms with Crippen molar-refractivity contribution in [3.8, 4) is 0 Å². The van der Waals surface area contributed by atoms with Crippen molar-refractivity contribution in [2.75, 3.05) is 11.1 Å². The number of nitrogens with two attached hydrogens (primary N) is 2. The number of amides is 1. The molecule has 0 radical (unpaired) electrons. The van der Waals surface area contributed by atoms with Gasteiger partial charge in [0.05, 0.1) is 16.9 Å². The molecule has 0 saturated heterocycles. The molecule has 1 aromatic heterocycles. The number of carbonyl (C=O) groups is 1. The maximum atomic E-state index is 11.2. The van der Waals surface area contributed by atoms with E-state index < -0.39 is 5.91 Å². The van der Waals surface area contributed by atoms with Crippen LogP contribution in [0.25, 0.3) is 0 Å². The van der Waals surface area contributed by atoms with E-state index in [2.05, 4.69) is 10.3 Å². The predicted molar refractivity (Wildman–Crippen MR) is 75.7 cm³/mol. The normalized spacial score (nSPS) is 10.2. The molecule has 0 fully saturated rings. The van der Waals surface area contributed by atoms with Crippen molar-refractivity contribution in [2.24, 2.45) is 5.73 Å². The van der Waals surface area contributed by atoms with Gasteiger partial charge in [-0.25, -0.2) is 0 Å². The molecule has 0 unspecified atom stereocenters. The Kier molecular flexibility index (Phi) is 3.66. The largest absolute Gasteiger partial charge is 0.396 e. The van der Waals surface area contributed by atoms with Crippen molar-refractivity contribution in [2.45, 2.75) is 13.5 Å². The Bertz CT molecular complexity index is 610. The van der Waals surface area contributed by atoms with Gasteiger partial charge >= 0.3 is 0 Å². The summed E-state index contributed by atoms with van der Waals surface area (Å²) < 4.78 is 0. The third-order valence-corrected chi connectivity index (χ3v) is 2.98. The second kappa shape index (κ2) is 5.39. The molecule has 1 aromatic carbocycles. The van der Waals surface area contributed by atoms with Crippen LogP contribution in [0.2, 0.25) is 0 Å². The monoisotopic (exact) mass is 256 g/mol. The molecule has 19 heavy (non-hydrogen) atoms. The van der Waals surface area contributed by atoms with E-state index in [0.717, 1.165) is 11.1 Å². The maximum absolute atomic E-state index is 11.2. The molecular formula is C14H16N4O. The molecule has 98 valence electrons. The fraction of sp³-hybridized carbons (Fsp3) is 0.143. The number of anilines is 2. The molecule has 5 heteroatoms. The lowest BCUT2D eigenvalue weighted by atomic mass is 10.1. The van der Waals surface area contributed by atoms with E-state index in [0.29, 0.717) is 23.5 Å². The maximum Gasteiger partial charge on any atom is 0.250 e. The summed E-state index contributed by atoms with van der Waals surface area (Å²) in [6, 6.07) is 7.12. The van der Waals surface area contributed by atoms with Crippen LogP contribution in [-0.2, 0) is 6.54 Å². The first-order valence-corrected chi connectivity index (χ1v) is 5.91. The number of aromatic nitrogens is 1. The number of nitrogens with one attached hydrogen (secondary N) is 1.